The Balaban J connectivity index is 1.45. The molecule has 1 saturated heterocycles. The summed E-state index contributed by atoms with van der Waals surface area (Å²) in [5.74, 6) is 1.34. The first-order valence-corrected chi connectivity index (χ1v) is 9.53. The predicted molar refractivity (Wildman–Crippen MR) is 109 cm³/mol. The van der Waals surface area contributed by atoms with Crippen molar-refractivity contribution in [3.8, 4) is 5.88 Å². The van der Waals surface area contributed by atoms with Crippen molar-refractivity contribution in [3.05, 3.63) is 60.3 Å². The quantitative estimate of drug-likeness (QED) is 0.692. The van der Waals surface area contributed by atoms with E-state index in [1.807, 2.05) is 0 Å². The van der Waals surface area contributed by atoms with E-state index < -0.39 is 0 Å². The third-order valence-corrected chi connectivity index (χ3v) is 5.39. The Morgan fingerprint density at radius 2 is 2.00 bits per heavy atom. The molecule has 2 aromatic carbocycles. The molecule has 5 nitrogen and oxygen atoms in total. The Bertz CT molecular complexity index is 913. The van der Waals surface area contributed by atoms with E-state index in [-0.39, 0.29) is 0 Å². The summed E-state index contributed by atoms with van der Waals surface area (Å²) in [6.07, 6.45) is 4.10. The van der Waals surface area contributed by atoms with E-state index in [0.717, 1.165) is 32.0 Å². The van der Waals surface area contributed by atoms with Gasteiger partial charge in [0.1, 0.15) is 0 Å². The summed E-state index contributed by atoms with van der Waals surface area (Å²) < 4.78 is 5.24. The van der Waals surface area contributed by atoms with E-state index in [4.69, 9.17) is 4.74 Å². The Kier molecular flexibility index (Phi) is 5.21. The predicted octanol–water partition coefficient (Wildman–Crippen LogP) is 3.74. The highest BCUT2D eigenvalue weighted by molar-refractivity contribution is 5.82. The molecule has 2 heterocycles. The number of anilines is 1. The summed E-state index contributed by atoms with van der Waals surface area (Å²) in [6.45, 7) is 3.13. The highest BCUT2D eigenvalue weighted by Gasteiger charge is 2.25. The van der Waals surface area contributed by atoms with Gasteiger partial charge in [-0.05, 0) is 41.8 Å². The van der Waals surface area contributed by atoms with Gasteiger partial charge in [-0.25, -0.2) is 4.98 Å². The maximum Gasteiger partial charge on any atom is 0.228 e. The lowest BCUT2D eigenvalue weighted by atomic mass is 10.0. The van der Waals surface area contributed by atoms with Gasteiger partial charge in [0, 0.05) is 38.4 Å². The number of hydrogen-bond donors (Lipinski definition) is 0. The Hall–Kier alpha value is -2.66. The van der Waals surface area contributed by atoms with Gasteiger partial charge >= 0.3 is 0 Å². The first kappa shape index (κ1) is 17.7. The van der Waals surface area contributed by atoms with Gasteiger partial charge in [-0.15, -0.1) is 0 Å². The lowest BCUT2D eigenvalue weighted by Crippen LogP contribution is -2.46. The highest BCUT2D eigenvalue weighted by atomic mass is 16.5. The maximum atomic E-state index is 5.24. The van der Waals surface area contributed by atoms with Crippen LogP contribution in [0.3, 0.4) is 0 Å². The molecule has 1 aromatic heterocycles. The molecule has 4 rings (SSSR count). The number of aromatic nitrogens is 2. The largest absolute Gasteiger partial charge is 0.481 e. The molecule has 0 spiro atoms. The number of benzene rings is 2. The molecule has 5 heteroatoms. The van der Waals surface area contributed by atoms with E-state index in [9.17, 15) is 0 Å². The van der Waals surface area contributed by atoms with Gasteiger partial charge in [0.2, 0.25) is 11.8 Å². The molecule has 0 amide bonds. The van der Waals surface area contributed by atoms with Crippen molar-refractivity contribution in [2.75, 3.05) is 32.1 Å². The van der Waals surface area contributed by atoms with Crippen molar-refractivity contribution in [1.82, 2.24) is 14.9 Å². The van der Waals surface area contributed by atoms with Gasteiger partial charge in [-0.3, -0.25) is 4.90 Å². The monoisotopic (exact) mass is 362 g/mol. The lowest BCUT2D eigenvalue weighted by molar-refractivity contribution is 0.198. The summed E-state index contributed by atoms with van der Waals surface area (Å²) in [7, 11) is 3.72. The number of rotatable bonds is 5. The summed E-state index contributed by atoms with van der Waals surface area (Å²) >= 11 is 0. The number of methoxy groups -OCH3 is 1. The van der Waals surface area contributed by atoms with Crippen LogP contribution in [0.15, 0.2) is 54.7 Å². The van der Waals surface area contributed by atoms with Crippen molar-refractivity contribution in [1.29, 1.82) is 0 Å². The zero-order valence-corrected chi connectivity index (χ0v) is 16.0. The standard InChI is InChI=1S/C22H26N4O/c1-25(22-23-12-11-21(24-22)27-2)20-8-5-13-26(16-20)15-17-9-10-18-6-3-4-7-19(18)14-17/h3-4,6-7,9-12,14,20H,5,8,13,15-16H2,1-2H3. The van der Waals surface area contributed by atoms with E-state index in [1.165, 1.54) is 22.8 Å². The second kappa shape index (κ2) is 7.92. The summed E-state index contributed by atoms with van der Waals surface area (Å²) in [5, 5.41) is 2.61. The third kappa shape index (κ3) is 4.03. The van der Waals surface area contributed by atoms with E-state index >= 15 is 0 Å². The number of likely N-dealkylation sites (tertiary alicyclic amines) is 1. The average Bonchev–Trinajstić information content (AvgIpc) is 2.73. The molecule has 0 radical (unpaired) electrons. The summed E-state index contributed by atoms with van der Waals surface area (Å²) in [5.41, 5.74) is 1.37. The molecule has 27 heavy (non-hydrogen) atoms. The van der Waals surface area contributed by atoms with Gasteiger partial charge < -0.3 is 9.64 Å². The van der Waals surface area contributed by atoms with Crippen molar-refractivity contribution < 1.29 is 4.74 Å². The maximum absolute atomic E-state index is 5.24. The van der Waals surface area contributed by atoms with E-state index in [2.05, 4.69) is 69.3 Å². The Morgan fingerprint density at radius 3 is 2.85 bits per heavy atom. The summed E-state index contributed by atoms with van der Waals surface area (Å²) in [4.78, 5) is 13.6. The van der Waals surface area contributed by atoms with Crippen molar-refractivity contribution in [3.63, 3.8) is 0 Å². The van der Waals surface area contributed by atoms with Crippen LogP contribution in [0.5, 0.6) is 5.88 Å². The third-order valence-electron chi connectivity index (χ3n) is 5.39. The number of nitrogens with zero attached hydrogens (tertiary/aromatic N) is 4. The summed E-state index contributed by atoms with van der Waals surface area (Å²) in [6, 6.07) is 17.5. The van der Waals surface area contributed by atoms with Gasteiger partial charge in [0.25, 0.3) is 0 Å². The smallest absolute Gasteiger partial charge is 0.228 e. The molecule has 0 aliphatic carbocycles. The lowest BCUT2D eigenvalue weighted by Gasteiger charge is -2.37. The molecule has 1 fully saturated rings. The van der Waals surface area contributed by atoms with Gasteiger partial charge in [0.05, 0.1) is 7.11 Å². The zero-order chi connectivity index (χ0) is 18.6. The van der Waals surface area contributed by atoms with Gasteiger partial charge in [-0.2, -0.15) is 4.98 Å². The molecule has 3 aromatic rings. The minimum atomic E-state index is 0.409. The van der Waals surface area contributed by atoms with Gasteiger partial charge in [-0.1, -0.05) is 36.4 Å². The Labute approximate surface area is 160 Å². The van der Waals surface area contributed by atoms with Crippen molar-refractivity contribution >= 4 is 16.7 Å². The fraction of sp³-hybridized carbons (Fsp3) is 0.364. The van der Waals surface area contributed by atoms with E-state index in [0.29, 0.717) is 11.9 Å². The number of hydrogen-bond acceptors (Lipinski definition) is 5. The first-order valence-electron chi connectivity index (χ1n) is 9.53. The van der Waals surface area contributed by atoms with Crippen LogP contribution < -0.4 is 9.64 Å². The first-order chi connectivity index (χ1) is 13.2. The van der Waals surface area contributed by atoms with E-state index in [1.54, 1.807) is 19.4 Å². The second-order valence-electron chi connectivity index (χ2n) is 7.22. The fourth-order valence-corrected chi connectivity index (χ4v) is 3.87. The normalized spacial score (nSPS) is 17.8. The zero-order valence-electron chi connectivity index (χ0n) is 16.0. The molecule has 0 bridgehead atoms. The van der Waals surface area contributed by atoms with Crippen LogP contribution in [0.1, 0.15) is 18.4 Å². The van der Waals surface area contributed by atoms with Crippen LogP contribution in [-0.4, -0.2) is 48.2 Å². The molecule has 140 valence electrons. The average molecular weight is 362 g/mol. The number of fused-ring (bicyclic) bond motifs is 1. The van der Waals surface area contributed by atoms with Crippen molar-refractivity contribution in [2.24, 2.45) is 0 Å². The van der Waals surface area contributed by atoms with Crippen LogP contribution in [0.2, 0.25) is 0 Å². The highest BCUT2D eigenvalue weighted by Crippen LogP contribution is 2.22. The molecule has 1 unspecified atom stereocenters. The van der Waals surface area contributed by atoms with Crippen LogP contribution in [-0.2, 0) is 6.54 Å². The SMILES string of the molecule is COc1ccnc(N(C)C2CCCN(Cc3ccc4ccccc4c3)C2)n1. The van der Waals surface area contributed by atoms with Crippen LogP contribution in [0.4, 0.5) is 5.95 Å². The van der Waals surface area contributed by atoms with Gasteiger partial charge in [0.15, 0.2) is 0 Å². The molecule has 0 N–H and O–H groups in total. The van der Waals surface area contributed by atoms with Crippen LogP contribution >= 0.6 is 0 Å². The topological polar surface area (TPSA) is 41.5 Å². The molecule has 1 atom stereocenters. The Morgan fingerprint density at radius 1 is 1.15 bits per heavy atom. The molecule has 1 aliphatic heterocycles. The molecular weight excluding hydrogens is 336 g/mol. The fourth-order valence-electron chi connectivity index (χ4n) is 3.87. The molecular formula is C22H26N4O. The van der Waals surface area contributed by atoms with Crippen LogP contribution in [0.25, 0.3) is 10.8 Å². The number of likely N-dealkylation sites (N-methyl/N-ethyl adjacent to an activating group) is 1. The second-order valence-corrected chi connectivity index (χ2v) is 7.22. The number of piperidine rings is 1. The minimum Gasteiger partial charge on any atom is -0.481 e. The molecule has 0 saturated carbocycles. The number of ether oxygens (including phenoxy) is 1. The van der Waals surface area contributed by atoms with Crippen LogP contribution in [0, 0.1) is 0 Å². The minimum absolute atomic E-state index is 0.409. The van der Waals surface area contributed by atoms with Crippen molar-refractivity contribution in [2.45, 2.75) is 25.4 Å². The molecule has 1 aliphatic rings.